The summed E-state index contributed by atoms with van der Waals surface area (Å²) in [6, 6.07) is 0. The molecule has 2 spiro atoms. The van der Waals surface area contributed by atoms with Gasteiger partial charge in [-0.3, -0.25) is 0 Å². The topological polar surface area (TPSA) is 79.2 Å². The first-order valence-corrected chi connectivity index (χ1v) is 10.1. The Hall–Kier alpha value is -0.460. The van der Waals surface area contributed by atoms with E-state index < -0.39 is 35.4 Å². The summed E-state index contributed by atoms with van der Waals surface area (Å²) in [5, 5.41) is 33.9. The Morgan fingerprint density at radius 2 is 1.81 bits per heavy atom. The third kappa shape index (κ3) is 1.60. The third-order valence-corrected chi connectivity index (χ3v) is 9.27. The quantitative estimate of drug-likeness (QED) is 0.619. The van der Waals surface area contributed by atoms with E-state index in [0.717, 1.165) is 31.3 Å². The van der Waals surface area contributed by atoms with Crippen molar-refractivity contribution in [3.63, 3.8) is 0 Å². The molecule has 10 atom stereocenters. The predicted octanol–water partition coefficient (Wildman–Crippen LogP) is 1.85. The van der Waals surface area contributed by atoms with Crippen molar-refractivity contribution in [2.45, 2.75) is 76.7 Å². The Morgan fingerprint density at radius 1 is 1.08 bits per heavy atom. The van der Waals surface area contributed by atoms with Gasteiger partial charge in [-0.1, -0.05) is 20.4 Å². The van der Waals surface area contributed by atoms with Gasteiger partial charge in [0.15, 0.2) is 6.29 Å². The van der Waals surface area contributed by atoms with Crippen LogP contribution in [-0.4, -0.2) is 53.1 Å². The van der Waals surface area contributed by atoms with E-state index in [1.165, 1.54) is 0 Å². The zero-order chi connectivity index (χ0) is 18.6. The molecule has 6 aliphatic rings. The lowest BCUT2D eigenvalue weighted by Gasteiger charge is -2.73. The van der Waals surface area contributed by atoms with Gasteiger partial charge in [0.1, 0.15) is 0 Å². The zero-order valence-corrected chi connectivity index (χ0v) is 16.0. The van der Waals surface area contributed by atoms with Gasteiger partial charge in [0.05, 0.1) is 35.2 Å². The summed E-state index contributed by atoms with van der Waals surface area (Å²) < 4.78 is 12.2. The van der Waals surface area contributed by atoms with Crippen molar-refractivity contribution in [2.24, 2.45) is 34.0 Å². The fourth-order valence-electron chi connectivity index (χ4n) is 8.29. The van der Waals surface area contributed by atoms with Crippen molar-refractivity contribution in [1.82, 2.24) is 0 Å². The zero-order valence-electron chi connectivity index (χ0n) is 16.0. The number of hydrogen-bond donors (Lipinski definition) is 3. The summed E-state index contributed by atoms with van der Waals surface area (Å²) in [5.74, 6) is 0.171. The molecule has 0 aromatic rings. The molecule has 4 aliphatic carbocycles. The van der Waals surface area contributed by atoms with Gasteiger partial charge in [0.25, 0.3) is 0 Å². The molecule has 4 bridgehead atoms. The van der Waals surface area contributed by atoms with Crippen LogP contribution in [0.2, 0.25) is 0 Å². The molecular formula is C21H32O5. The molecule has 0 unspecified atom stereocenters. The Bertz CT molecular complexity index is 646. The lowest BCUT2D eigenvalue weighted by atomic mass is 9.36. The second kappa shape index (κ2) is 5.12. The van der Waals surface area contributed by atoms with Gasteiger partial charge in [-0.05, 0) is 54.9 Å². The van der Waals surface area contributed by atoms with Gasteiger partial charge in [0.2, 0.25) is 0 Å². The molecule has 2 saturated heterocycles. The van der Waals surface area contributed by atoms with Crippen molar-refractivity contribution >= 4 is 0 Å². The van der Waals surface area contributed by atoms with E-state index in [2.05, 4.69) is 20.4 Å². The van der Waals surface area contributed by atoms with Crippen molar-refractivity contribution < 1.29 is 24.8 Å². The Labute approximate surface area is 155 Å². The van der Waals surface area contributed by atoms with E-state index in [1.54, 1.807) is 7.11 Å². The molecule has 2 aliphatic heterocycles. The van der Waals surface area contributed by atoms with E-state index in [4.69, 9.17) is 9.47 Å². The van der Waals surface area contributed by atoms with Crippen LogP contribution in [0.3, 0.4) is 0 Å². The highest BCUT2D eigenvalue weighted by molar-refractivity contribution is 5.35. The predicted molar refractivity (Wildman–Crippen MR) is 95.0 cm³/mol. The van der Waals surface area contributed by atoms with Crippen LogP contribution in [0.5, 0.6) is 0 Å². The lowest BCUT2D eigenvalue weighted by Crippen LogP contribution is -2.79. The largest absolute Gasteiger partial charge is 0.392 e. The maximum Gasteiger partial charge on any atom is 0.166 e. The minimum Gasteiger partial charge on any atom is -0.392 e. The highest BCUT2D eigenvalue weighted by atomic mass is 16.7. The highest BCUT2D eigenvalue weighted by Crippen LogP contribution is 2.76. The maximum absolute atomic E-state index is 11.4. The number of hydrogen-bond acceptors (Lipinski definition) is 5. The molecule has 26 heavy (non-hydrogen) atoms. The van der Waals surface area contributed by atoms with Crippen molar-refractivity contribution in [1.29, 1.82) is 0 Å². The molecule has 4 saturated carbocycles. The van der Waals surface area contributed by atoms with Crippen LogP contribution < -0.4 is 0 Å². The molecule has 0 aromatic carbocycles. The van der Waals surface area contributed by atoms with Crippen LogP contribution in [0.4, 0.5) is 0 Å². The average Bonchev–Trinajstić information content (AvgIpc) is 2.73. The van der Waals surface area contributed by atoms with E-state index in [-0.39, 0.29) is 29.3 Å². The number of methoxy groups -OCH3 is 1. The molecule has 146 valence electrons. The van der Waals surface area contributed by atoms with Gasteiger partial charge in [-0.25, -0.2) is 0 Å². The minimum absolute atomic E-state index is 0.0208. The third-order valence-electron chi connectivity index (χ3n) is 9.27. The van der Waals surface area contributed by atoms with E-state index in [9.17, 15) is 15.3 Å². The summed E-state index contributed by atoms with van der Waals surface area (Å²) in [6.07, 6.45) is 1.42. The van der Waals surface area contributed by atoms with Crippen LogP contribution in [0, 0.1) is 34.0 Å². The molecule has 6 rings (SSSR count). The molecule has 0 amide bonds. The van der Waals surface area contributed by atoms with Gasteiger partial charge in [-0.15, -0.1) is 0 Å². The fourth-order valence-corrected chi connectivity index (χ4v) is 8.29. The van der Waals surface area contributed by atoms with Crippen LogP contribution >= 0.6 is 0 Å². The summed E-state index contributed by atoms with van der Waals surface area (Å²) in [7, 11) is 1.66. The number of ether oxygens (including phenoxy) is 2. The maximum atomic E-state index is 11.4. The Morgan fingerprint density at radius 3 is 2.50 bits per heavy atom. The first kappa shape index (κ1) is 17.6. The van der Waals surface area contributed by atoms with Crippen LogP contribution in [0.25, 0.3) is 0 Å². The SMILES string of the molecule is C=C1[C@@H](O)[C@@]23[C@@H](CC[C@@H]1[C@H]2O)[C@@]12[C@@H](OC)O[C@@H]3C[C@@H]1C(C)(C)CC[C@@H]2O. The van der Waals surface area contributed by atoms with Crippen LogP contribution in [0.15, 0.2) is 12.2 Å². The lowest BCUT2D eigenvalue weighted by molar-refractivity contribution is -0.420. The van der Waals surface area contributed by atoms with Crippen LogP contribution in [-0.2, 0) is 9.47 Å². The molecule has 5 heteroatoms. The molecular weight excluding hydrogens is 332 g/mol. The first-order valence-electron chi connectivity index (χ1n) is 10.1. The summed E-state index contributed by atoms with van der Waals surface area (Å²) in [6.45, 7) is 8.71. The van der Waals surface area contributed by atoms with Gasteiger partial charge < -0.3 is 24.8 Å². The van der Waals surface area contributed by atoms with Gasteiger partial charge >= 0.3 is 0 Å². The van der Waals surface area contributed by atoms with Crippen LogP contribution in [0.1, 0.15) is 46.0 Å². The molecule has 3 N–H and O–H groups in total. The summed E-state index contributed by atoms with van der Waals surface area (Å²) in [4.78, 5) is 0. The fraction of sp³-hybridized carbons (Fsp3) is 0.905. The van der Waals surface area contributed by atoms with E-state index in [1.807, 2.05) is 0 Å². The second-order valence-electron chi connectivity index (χ2n) is 10.2. The van der Waals surface area contributed by atoms with E-state index in [0.29, 0.717) is 6.42 Å². The van der Waals surface area contributed by atoms with Crippen molar-refractivity contribution in [2.75, 3.05) is 7.11 Å². The minimum atomic E-state index is -0.770. The monoisotopic (exact) mass is 364 g/mol. The summed E-state index contributed by atoms with van der Waals surface area (Å²) in [5.41, 5.74) is -0.507. The number of aliphatic hydroxyl groups is 3. The Kier molecular flexibility index (Phi) is 3.47. The molecule has 6 fully saturated rings. The first-order chi connectivity index (χ1) is 12.2. The molecule has 0 aromatic heterocycles. The van der Waals surface area contributed by atoms with Gasteiger partial charge in [0, 0.05) is 13.0 Å². The average molecular weight is 364 g/mol. The second-order valence-corrected chi connectivity index (χ2v) is 10.2. The van der Waals surface area contributed by atoms with Crippen molar-refractivity contribution in [3.8, 4) is 0 Å². The molecule has 0 radical (unpaired) electrons. The smallest absolute Gasteiger partial charge is 0.166 e. The molecule has 5 nitrogen and oxygen atoms in total. The summed E-state index contributed by atoms with van der Waals surface area (Å²) >= 11 is 0. The number of rotatable bonds is 1. The Balaban J connectivity index is 1.75. The normalized spacial score (nSPS) is 59.8. The van der Waals surface area contributed by atoms with E-state index >= 15 is 0 Å². The highest BCUT2D eigenvalue weighted by Gasteiger charge is 2.81. The standard InChI is InChI=1S/C21H32O5/c1-10-11-5-6-12-20-13(19(2,3)8-7-14(20)22)9-15(26-18(20)25-4)21(12,16(10)23)17(11)24/h11-18,22-24H,1,5-9H2,2-4H3/t11-,12-,13+,14-,15+,16+,17+,18-,20+,21-/m0/s1. The molecule has 2 heterocycles. The number of fused-ring (bicyclic) bond motifs is 2. The number of aliphatic hydroxyl groups excluding tert-OH is 3. The van der Waals surface area contributed by atoms with Crippen molar-refractivity contribution in [3.05, 3.63) is 12.2 Å². The van der Waals surface area contributed by atoms with Gasteiger partial charge in [-0.2, -0.15) is 0 Å².